The zero-order chi connectivity index (χ0) is 18.8. The van der Waals surface area contributed by atoms with Gasteiger partial charge in [0.2, 0.25) is 5.91 Å². The van der Waals surface area contributed by atoms with Gasteiger partial charge in [0.25, 0.3) is 5.56 Å². The van der Waals surface area contributed by atoms with Crippen molar-refractivity contribution in [2.24, 2.45) is 5.92 Å². The number of anilines is 1. The van der Waals surface area contributed by atoms with E-state index in [1.807, 2.05) is 19.1 Å². The fourth-order valence-electron chi connectivity index (χ4n) is 3.21. The molecular weight excluding hydrogens is 344 g/mol. The molecule has 27 heavy (non-hydrogen) atoms. The third-order valence-corrected chi connectivity index (χ3v) is 4.74. The standard InChI is InChI=1S/C19H20N6O2/c1-12-4-2-3-5-14-8-13(6-7-20-14)18-16(22-19(12)27)11-25(24-18)15-9-17(26)23-21-10-15/h6-12H,2-5H2,1H3,(H,22,27)(H,23,26). The molecular formula is C19H20N6O2. The summed E-state index contributed by atoms with van der Waals surface area (Å²) < 4.78 is 1.55. The maximum Gasteiger partial charge on any atom is 0.266 e. The van der Waals surface area contributed by atoms with Crippen LogP contribution in [0.2, 0.25) is 0 Å². The lowest BCUT2D eigenvalue weighted by Crippen LogP contribution is -2.20. The number of hydrogen-bond donors (Lipinski definition) is 2. The molecule has 8 nitrogen and oxygen atoms in total. The van der Waals surface area contributed by atoms with E-state index in [0.717, 1.165) is 36.9 Å². The number of nitrogens with zero attached hydrogens (tertiary/aromatic N) is 4. The smallest absolute Gasteiger partial charge is 0.266 e. The zero-order valence-corrected chi connectivity index (χ0v) is 15.0. The van der Waals surface area contributed by atoms with Gasteiger partial charge in [-0.1, -0.05) is 13.3 Å². The Morgan fingerprint density at radius 1 is 1.22 bits per heavy atom. The normalized spacial score (nSPS) is 17.4. The topological polar surface area (TPSA) is 106 Å². The maximum absolute atomic E-state index is 12.6. The van der Waals surface area contributed by atoms with Gasteiger partial charge in [0, 0.05) is 29.4 Å². The van der Waals surface area contributed by atoms with E-state index in [-0.39, 0.29) is 17.4 Å². The van der Waals surface area contributed by atoms with Crippen molar-refractivity contribution in [3.05, 3.63) is 52.8 Å². The van der Waals surface area contributed by atoms with E-state index in [9.17, 15) is 9.59 Å². The van der Waals surface area contributed by atoms with Crippen molar-refractivity contribution in [3.8, 4) is 16.9 Å². The number of aromatic amines is 1. The number of H-pyrrole nitrogens is 1. The molecule has 0 radical (unpaired) electrons. The molecule has 0 saturated heterocycles. The molecule has 8 heteroatoms. The van der Waals surface area contributed by atoms with Crippen LogP contribution in [0, 0.1) is 5.92 Å². The summed E-state index contributed by atoms with van der Waals surface area (Å²) in [4.78, 5) is 28.6. The number of rotatable bonds is 1. The van der Waals surface area contributed by atoms with Crippen LogP contribution in [0.25, 0.3) is 16.9 Å². The van der Waals surface area contributed by atoms with Crippen LogP contribution >= 0.6 is 0 Å². The summed E-state index contributed by atoms with van der Waals surface area (Å²) in [7, 11) is 0. The average Bonchev–Trinajstić information content (AvgIpc) is 3.08. The van der Waals surface area contributed by atoms with Gasteiger partial charge < -0.3 is 5.32 Å². The van der Waals surface area contributed by atoms with Gasteiger partial charge in [0.05, 0.1) is 23.8 Å². The third-order valence-electron chi connectivity index (χ3n) is 4.74. The van der Waals surface area contributed by atoms with Crippen LogP contribution in [0.3, 0.4) is 0 Å². The van der Waals surface area contributed by atoms with Crippen LogP contribution in [0.1, 0.15) is 31.9 Å². The number of aryl methyl sites for hydroxylation is 1. The van der Waals surface area contributed by atoms with Crippen molar-refractivity contribution in [3.63, 3.8) is 0 Å². The lowest BCUT2D eigenvalue weighted by molar-refractivity contribution is -0.119. The highest BCUT2D eigenvalue weighted by atomic mass is 16.2. The van der Waals surface area contributed by atoms with E-state index < -0.39 is 0 Å². The first-order chi connectivity index (χ1) is 13.1. The van der Waals surface area contributed by atoms with Gasteiger partial charge in [-0.3, -0.25) is 14.6 Å². The van der Waals surface area contributed by atoms with Crippen LogP contribution in [0.15, 0.2) is 41.6 Å². The predicted octanol–water partition coefficient (Wildman–Crippen LogP) is 2.32. The molecule has 4 rings (SSSR count). The predicted molar refractivity (Wildman–Crippen MR) is 101 cm³/mol. The molecule has 1 unspecified atom stereocenters. The van der Waals surface area contributed by atoms with Gasteiger partial charge in [-0.15, -0.1) is 0 Å². The first-order valence-electron chi connectivity index (χ1n) is 9.01. The summed E-state index contributed by atoms with van der Waals surface area (Å²) >= 11 is 0. The molecule has 1 atom stereocenters. The van der Waals surface area contributed by atoms with Crippen molar-refractivity contribution >= 4 is 11.6 Å². The molecule has 138 valence electrons. The van der Waals surface area contributed by atoms with Crippen molar-refractivity contribution in [1.29, 1.82) is 0 Å². The second-order valence-electron chi connectivity index (χ2n) is 6.81. The Labute approximate surface area is 155 Å². The fraction of sp³-hybridized carbons (Fsp3) is 0.316. The van der Waals surface area contributed by atoms with E-state index >= 15 is 0 Å². The van der Waals surface area contributed by atoms with Crippen molar-refractivity contribution < 1.29 is 4.79 Å². The molecule has 0 fully saturated rings. The highest BCUT2D eigenvalue weighted by molar-refractivity contribution is 5.95. The molecule has 1 aliphatic heterocycles. The number of pyridine rings is 1. The molecule has 0 aromatic carbocycles. The highest BCUT2D eigenvalue weighted by Gasteiger charge is 2.19. The molecule has 0 spiro atoms. The summed E-state index contributed by atoms with van der Waals surface area (Å²) in [5, 5.41) is 13.8. The first kappa shape index (κ1) is 17.1. The third kappa shape index (κ3) is 3.64. The molecule has 1 aliphatic rings. The van der Waals surface area contributed by atoms with Crippen molar-refractivity contribution in [1.82, 2.24) is 25.0 Å². The Hall–Kier alpha value is -3.29. The molecule has 2 N–H and O–H groups in total. The first-order valence-corrected chi connectivity index (χ1v) is 9.01. The molecule has 0 saturated carbocycles. The molecule has 1 amide bonds. The fourth-order valence-corrected chi connectivity index (χ4v) is 3.21. The second-order valence-corrected chi connectivity index (χ2v) is 6.81. The average molecular weight is 364 g/mol. The lowest BCUT2D eigenvalue weighted by atomic mass is 10.00. The van der Waals surface area contributed by atoms with Gasteiger partial charge in [-0.2, -0.15) is 10.2 Å². The Balaban J connectivity index is 1.84. The summed E-state index contributed by atoms with van der Waals surface area (Å²) in [6, 6.07) is 5.28. The van der Waals surface area contributed by atoms with Crippen LogP contribution in [-0.2, 0) is 11.2 Å². The van der Waals surface area contributed by atoms with E-state index in [1.165, 1.54) is 12.3 Å². The Morgan fingerprint density at radius 3 is 2.96 bits per heavy atom. The Bertz CT molecular complexity index is 1040. The number of carbonyl (C=O) groups is 1. The molecule has 3 aromatic rings. The van der Waals surface area contributed by atoms with E-state index in [4.69, 9.17) is 0 Å². The van der Waals surface area contributed by atoms with E-state index in [1.54, 1.807) is 17.1 Å². The minimum Gasteiger partial charge on any atom is -0.323 e. The lowest BCUT2D eigenvalue weighted by Gasteiger charge is -2.13. The maximum atomic E-state index is 12.6. The molecule has 0 aliphatic carbocycles. The van der Waals surface area contributed by atoms with Crippen LogP contribution in [0.5, 0.6) is 0 Å². The number of hydrogen-bond acceptors (Lipinski definition) is 5. The van der Waals surface area contributed by atoms with Gasteiger partial charge in [0.15, 0.2) is 0 Å². The molecule has 4 heterocycles. The Kier molecular flexibility index (Phi) is 4.53. The SMILES string of the molecule is CC1CCCCc2cc(ccn2)-c2nn(-c3cn[nH]c(=O)c3)cc2NC1=O. The number of fused-ring (bicyclic) bond motifs is 4. The molecule has 3 aromatic heterocycles. The van der Waals surface area contributed by atoms with Gasteiger partial charge >= 0.3 is 0 Å². The van der Waals surface area contributed by atoms with Crippen molar-refractivity contribution in [2.45, 2.75) is 32.6 Å². The summed E-state index contributed by atoms with van der Waals surface area (Å²) in [5.74, 6) is -0.122. The van der Waals surface area contributed by atoms with Crippen LogP contribution in [0.4, 0.5) is 5.69 Å². The number of carbonyl (C=O) groups excluding carboxylic acids is 1. The van der Waals surface area contributed by atoms with Crippen molar-refractivity contribution in [2.75, 3.05) is 5.32 Å². The summed E-state index contributed by atoms with van der Waals surface area (Å²) in [6.07, 6.45) is 8.65. The minimum atomic E-state index is -0.319. The van der Waals surface area contributed by atoms with E-state index in [2.05, 4.69) is 25.6 Å². The number of aromatic nitrogens is 5. The van der Waals surface area contributed by atoms with Gasteiger partial charge in [0.1, 0.15) is 5.69 Å². The summed E-state index contributed by atoms with van der Waals surface area (Å²) in [6.45, 7) is 1.93. The molecule has 2 bridgehead atoms. The summed E-state index contributed by atoms with van der Waals surface area (Å²) in [5.41, 5.74) is 3.32. The quantitative estimate of drug-likeness (QED) is 0.689. The van der Waals surface area contributed by atoms with Crippen LogP contribution < -0.4 is 10.9 Å². The second kappa shape index (κ2) is 7.14. The minimum absolute atomic E-state index is 0.0327. The van der Waals surface area contributed by atoms with Crippen LogP contribution in [-0.4, -0.2) is 30.9 Å². The Morgan fingerprint density at radius 2 is 2.11 bits per heavy atom. The highest BCUT2D eigenvalue weighted by Crippen LogP contribution is 2.29. The monoisotopic (exact) mass is 364 g/mol. The number of amides is 1. The largest absolute Gasteiger partial charge is 0.323 e. The van der Waals surface area contributed by atoms with E-state index in [0.29, 0.717) is 17.1 Å². The van der Waals surface area contributed by atoms with Gasteiger partial charge in [-0.05, 0) is 31.4 Å². The zero-order valence-electron chi connectivity index (χ0n) is 15.0. The number of nitrogens with one attached hydrogen (secondary N) is 2. The van der Waals surface area contributed by atoms with Gasteiger partial charge in [-0.25, -0.2) is 9.78 Å².